The summed E-state index contributed by atoms with van der Waals surface area (Å²) in [5.74, 6) is -1.23. The Morgan fingerprint density at radius 3 is 2.42 bits per heavy atom. The van der Waals surface area contributed by atoms with Gasteiger partial charge in [0, 0.05) is 18.0 Å². The molecule has 0 aliphatic heterocycles. The van der Waals surface area contributed by atoms with Crippen LogP contribution in [0.3, 0.4) is 0 Å². The number of nitrogens with one attached hydrogen (secondary N) is 2. The first-order valence-corrected chi connectivity index (χ1v) is 9.18. The molecule has 0 aliphatic rings. The summed E-state index contributed by atoms with van der Waals surface area (Å²) in [6.45, 7) is 1.23. The molecule has 2 amide bonds. The van der Waals surface area contributed by atoms with E-state index in [0.29, 0.717) is 22.5 Å². The van der Waals surface area contributed by atoms with Gasteiger partial charge in [-0.05, 0) is 42.8 Å². The fourth-order valence-electron chi connectivity index (χ4n) is 2.88. The molecule has 1 heterocycles. The molecule has 0 spiro atoms. The van der Waals surface area contributed by atoms with Crippen molar-refractivity contribution in [1.29, 1.82) is 0 Å². The zero-order chi connectivity index (χ0) is 22.6. The molecule has 0 saturated heterocycles. The van der Waals surface area contributed by atoms with E-state index >= 15 is 0 Å². The van der Waals surface area contributed by atoms with Gasteiger partial charge in [-0.2, -0.15) is 13.2 Å². The molecule has 0 radical (unpaired) electrons. The molecule has 3 aromatic rings. The lowest BCUT2D eigenvalue weighted by atomic mass is 10.1. The molecule has 3 rings (SSSR count). The second-order valence-corrected chi connectivity index (χ2v) is 6.80. The number of rotatable bonds is 5. The molecule has 0 aliphatic carbocycles. The first kappa shape index (κ1) is 21.8. The van der Waals surface area contributed by atoms with Gasteiger partial charge in [0.25, 0.3) is 11.5 Å². The van der Waals surface area contributed by atoms with Crippen LogP contribution in [0.25, 0.3) is 0 Å². The minimum absolute atomic E-state index is 0.161. The van der Waals surface area contributed by atoms with Crippen molar-refractivity contribution in [2.24, 2.45) is 0 Å². The number of nitrogens with zero attached hydrogens (tertiary/aromatic N) is 1. The number of aryl methyl sites for hydroxylation is 1. The molecule has 6 nitrogen and oxygen atoms in total. The topological polar surface area (TPSA) is 80.2 Å². The number of alkyl halides is 3. The van der Waals surface area contributed by atoms with Gasteiger partial charge in [-0.25, -0.2) is 0 Å². The maximum Gasteiger partial charge on any atom is 0.417 e. The predicted molar refractivity (Wildman–Crippen MR) is 110 cm³/mol. The van der Waals surface area contributed by atoms with Crippen molar-refractivity contribution in [2.45, 2.75) is 19.6 Å². The van der Waals surface area contributed by atoms with Gasteiger partial charge in [-0.3, -0.25) is 14.4 Å². The highest BCUT2D eigenvalue weighted by Gasteiger charge is 2.31. The average Bonchev–Trinajstić information content (AvgIpc) is 2.69. The number of aromatic nitrogens is 1. The van der Waals surface area contributed by atoms with Gasteiger partial charge in [0.2, 0.25) is 5.91 Å². The second-order valence-electron chi connectivity index (χ2n) is 6.80. The predicted octanol–water partition coefficient (Wildman–Crippen LogP) is 4.07. The number of pyridine rings is 1. The second kappa shape index (κ2) is 8.86. The van der Waals surface area contributed by atoms with E-state index in [4.69, 9.17) is 0 Å². The normalized spacial score (nSPS) is 11.1. The van der Waals surface area contributed by atoms with Crippen molar-refractivity contribution in [2.75, 3.05) is 10.6 Å². The number of hydrogen-bond donors (Lipinski definition) is 2. The number of carbonyl (C=O) groups is 2. The fourth-order valence-corrected chi connectivity index (χ4v) is 2.88. The summed E-state index contributed by atoms with van der Waals surface area (Å²) in [4.78, 5) is 36.9. The number of anilines is 2. The molecule has 9 heteroatoms. The number of halogens is 3. The number of para-hydroxylation sites is 1. The highest BCUT2D eigenvalue weighted by Crippen LogP contribution is 2.28. The summed E-state index contributed by atoms with van der Waals surface area (Å²) in [6, 6.07) is 14.7. The number of benzene rings is 2. The maximum absolute atomic E-state index is 12.9. The summed E-state index contributed by atoms with van der Waals surface area (Å²) >= 11 is 0. The number of carbonyl (C=O) groups excluding carboxylic acids is 2. The lowest BCUT2D eigenvalue weighted by molar-refractivity contribution is -0.138. The van der Waals surface area contributed by atoms with Gasteiger partial charge in [-0.1, -0.05) is 24.3 Å². The maximum atomic E-state index is 12.9. The van der Waals surface area contributed by atoms with E-state index in [0.717, 1.165) is 11.6 Å². The minimum atomic E-state index is -4.65. The van der Waals surface area contributed by atoms with Crippen molar-refractivity contribution >= 4 is 23.2 Å². The molecule has 0 fully saturated rings. The summed E-state index contributed by atoms with van der Waals surface area (Å²) in [7, 11) is 0. The van der Waals surface area contributed by atoms with Crippen molar-refractivity contribution in [1.82, 2.24) is 4.57 Å². The Bertz CT molecular complexity index is 1190. The van der Waals surface area contributed by atoms with Gasteiger partial charge in [0.05, 0.1) is 16.8 Å². The van der Waals surface area contributed by atoms with Crippen LogP contribution in [0.1, 0.15) is 21.5 Å². The zero-order valence-corrected chi connectivity index (χ0v) is 16.4. The summed E-state index contributed by atoms with van der Waals surface area (Å²) in [5, 5.41) is 5.21. The Hall–Kier alpha value is -3.88. The van der Waals surface area contributed by atoms with Crippen LogP contribution in [0, 0.1) is 6.92 Å². The molecular weight excluding hydrogens is 411 g/mol. The summed E-state index contributed by atoms with van der Waals surface area (Å²) in [5.41, 5.74) is 0.0467. The summed E-state index contributed by atoms with van der Waals surface area (Å²) in [6.07, 6.45) is -4.06. The Morgan fingerprint density at radius 2 is 1.71 bits per heavy atom. The van der Waals surface area contributed by atoms with Gasteiger partial charge < -0.3 is 15.2 Å². The smallest absolute Gasteiger partial charge is 0.324 e. The molecule has 0 bridgehead atoms. The van der Waals surface area contributed by atoms with Gasteiger partial charge >= 0.3 is 6.18 Å². The molecule has 1 aromatic heterocycles. The van der Waals surface area contributed by atoms with Crippen molar-refractivity contribution in [3.63, 3.8) is 0 Å². The van der Waals surface area contributed by atoms with Crippen LogP contribution in [-0.2, 0) is 17.5 Å². The number of hydrogen-bond acceptors (Lipinski definition) is 3. The molecule has 2 aromatic carbocycles. The molecular formula is C22H18F3N3O3. The van der Waals surface area contributed by atoms with E-state index in [-0.39, 0.29) is 11.3 Å². The minimum Gasteiger partial charge on any atom is -0.324 e. The van der Waals surface area contributed by atoms with Crippen LogP contribution >= 0.6 is 0 Å². The lowest BCUT2D eigenvalue weighted by Crippen LogP contribution is -2.28. The summed E-state index contributed by atoms with van der Waals surface area (Å²) < 4.78 is 39.3. The standard InChI is InChI=1S/C22H18F3N3O3/c1-14-5-4-6-16(11-14)26-21(31)17-7-2-3-8-18(17)27-19(29)13-28-12-15(22(23,24)25)9-10-20(28)30/h2-12H,13H2,1H3,(H,26,31)(H,27,29). The fraction of sp³-hybridized carbons (Fsp3) is 0.136. The van der Waals surface area contributed by atoms with Gasteiger partial charge in [-0.15, -0.1) is 0 Å². The van der Waals surface area contributed by atoms with E-state index < -0.39 is 35.7 Å². The Balaban J connectivity index is 1.77. The van der Waals surface area contributed by atoms with Crippen LogP contribution in [0.5, 0.6) is 0 Å². The molecule has 31 heavy (non-hydrogen) atoms. The third-order valence-corrected chi connectivity index (χ3v) is 4.35. The molecule has 0 unspecified atom stereocenters. The molecule has 2 N–H and O–H groups in total. The Labute approximate surface area is 175 Å². The lowest BCUT2D eigenvalue weighted by Gasteiger charge is -2.13. The first-order valence-electron chi connectivity index (χ1n) is 9.18. The SMILES string of the molecule is Cc1cccc(NC(=O)c2ccccc2NC(=O)Cn2cc(C(F)(F)F)ccc2=O)c1. The molecule has 0 saturated carbocycles. The third-order valence-electron chi connectivity index (χ3n) is 4.35. The quantitative estimate of drug-likeness (QED) is 0.642. The van der Waals surface area contributed by atoms with E-state index in [1.165, 1.54) is 12.1 Å². The van der Waals surface area contributed by atoms with Crippen LogP contribution in [-0.4, -0.2) is 16.4 Å². The monoisotopic (exact) mass is 429 g/mol. The van der Waals surface area contributed by atoms with Crippen LogP contribution in [0.15, 0.2) is 71.7 Å². The van der Waals surface area contributed by atoms with Gasteiger partial charge in [0.15, 0.2) is 0 Å². The largest absolute Gasteiger partial charge is 0.417 e. The van der Waals surface area contributed by atoms with E-state index in [1.807, 2.05) is 13.0 Å². The average molecular weight is 429 g/mol. The Morgan fingerprint density at radius 1 is 0.968 bits per heavy atom. The Kier molecular flexibility index (Phi) is 6.24. The zero-order valence-electron chi connectivity index (χ0n) is 16.4. The highest BCUT2D eigenvalue weighted by molar-refractivity contribution is 6.10. The van der Waals surface area contributed by atoms with Crippen molar-refractivity contribution < 1.29 is 22.8 Å². The molecule has 160 valence electrons. The van der Waals surface area contributed by atoms with Crippen LogP contribution in [0.2, 0.25) is 0 Å². The van der Waals surface area contributed by atoms with Crippen molar-refractivity contribution in [3.8, 4) is 0 Å². The van der Waals surface area contributed by atoms with E-state index in [1.54, 1.807) is 30.3 Å². The van der Waals surface area contributed by atoms with E-state index in [9.17, 15) is 27.6 Å². The molecule has 0 atom stereocenters. The highest BCUT2D eigenvalue weighted by atomic mass is 19.4. The van der Waals surface area contributed by atoms with Crippen LogP contribution in [0.4, 0.5) is 24.5 Å². The van der Waals surface area contributed by atoms with Crippen molar-refractivity contribution in [3.05, 3.63) is 93.9 Å². The first-order chi connectivity index (χ1) is 14.6. The van der Waals surface area contributed by atoms with Crippen LogP contribution < -0.4 is 16.2 Å². The van der Waals surface area contributed by atoms with E-state index in [2.05, 4.69) is 10.6 Å². The third kappa shape index (κ3) is 5.59. The van der Waals surface area contributed by atoms with Gasteiger partial charge in [0.1, 0.15) is 6.54 Å². The number of amides is 2.